The molecule has 0 aliphatic carbocycles. The van der Waals surface area contributed by atoms with Gasteiger partial charge in [-0.15, -0.1) is 0 Å². The first kappa shape index (κ1) is 12.3. The van der Waals surface area contributed by atoms with Crippen molar-refractivity contribution in [3.05, 3.63) is 42.2 Å². The number of hydrazone groups is 1. The van der Waals surface area contributed by atoms with E-state index in [-0.39, 0.29) is 0 Å². The molecule has 0 saturated carbocycles. The van der Waals surface area contributed by atoms with Crippen molar-refractivity contribution in [1.82, 2.24) is 9.97 Å². The highest BCUT2D eigenvalue weighted by molar-refractivity contribution is 5.79. The second-order valence-electron chi connectivity index (χ2n) is 4.54. The lowest BCUT2D eigenvalue weighted by Gasteiger charge is -2.05. The van der Waals surface area contributed by atoms with E-state index >= 15 is 0 Å². The summed E-state index contributed by atoms with van der Waals surface area (Å²) in [5.41, 5.74) is 4.72. The van der Waals surface area contributed by atoms with Crippen molar-refractivity contribution >= 4 is 29.1 Å². The number of aromatic nitrogens is 2. The van der Waals surface area contributed by atoms with Gasteiger partial charge in [0, 0.05) is 20.2 Å². The van der Waals surface area contributed by atoms with Crippen molar-refractivity contribution in [1.29, 1.82) is 0 Å². The number of benzene rings is 1. The minimum atomic E-state index is 0.599. The Balaban J connectivity index is 1.70. The Morgan fingerprint density at radius 2 is 2.10 bits per heavy atom. The number of nitrogens with zero attached hydrogens (tertiary/aromatic N) is 3. The third-order valence-electron chi connectivity index (χ3n) is 2.80. The Bertz CT molecular complexity index is 708. The van der Waals surface area contributed by atoms with E-state index in [0.29, 0.717) is 11.7 Å². The van der Waals surface area contributed by atoms with Gasteiger partial charge in [-0.25, -0.2) is 10.4 Å². The third kappa shape index (κ3) is 2.49. The molecule has 0 radical (unpaired) electrons. The summed E-state index contributed by atoms with van der Waals surface area (Å²) in [5.74, 6) is 2.06. The van der Waals surface area contributed by atoms with E-state index in [2.05, 4.69) is 20.5 Å². The topological polar surface area (TPSA) is 69.4 Å². The molecule has 3 aromatic rings. The number of fused-ring (bicyclic) bond motifs is 1. The zero-order valence-electron chi connectivity index (χ0n) is 11.3. The van der Waals surface area contributed by atoms with Gasteiger partial charge >= 0.3 is 0 Å². The Kier molecular flexibility index (Phi) is 3.12. The van der Waals surface area contributed by atoms with E-state index in [0.717, 1.165) is 16.9 Å². The molecule has 6 heteroatoms. The van der Waals surface area contributed by atoms with Gasteiger partial charge in [-0.2, -0.15) is 5.10 Å². The molecule has 0 spiro atoms. The Hall–Kier alpha value is -2.76. The van der Waals surface area contributed by atoms with Crippen LogP contribution < -0.4 is 10.3 Å². The largest absolute Gasteiger partial charge is 0.440 e. The summed E-state index contributed by atoms with van der Waals surface area (Å²) >= 11 is 0. The van der Waals surface area contributed by atoms with Gasteiger partial charge in [-0.1, -0.05) is 12.1 Å². The lowest BCUT2D eigenvalue weighted by molar-refractivity contribution is 0.558. The molecule has 20 heavy (non-hydrogen) atoms. The predicted octanol–water partition coefficient (Wildman–Crippen LogP) is 2.67. The normalized spacial score (nSPS) is 11.3. The summed E-state index contributed by atoms with van der Waals surface area (Å²) in [5, 5.41) is 4.10. The molecule has 0 aliphatic rings. The van der Waals surface area contributed by atoms with Crippen LogP contribution in [0.1, 0.15) is 5.76 Å². The van der Waals surface area contributed by atoms with Gasteiger partial charge in [0.2, 0.25) is 5.95 Å². The van der Waals surface area contributed by atoms with Crippen LogP contribution in [0.5, 0.6) is 0 Å². The van der Waals surface area contributed by atoms with Crippen molar-refractivity contribution in [2.45, 2.75) is 0 Å². The number of rotatable bonds is 4. The number of imidazole rings is 1. The molecule has 0 atom stereocenters. The maximum atomic E-state index is 5.55. The van der Waals surface area contributed by atoms with Gasteiger partial charge in [0.25, 0.3) is 0 Å². The molecule has 2 aromatic heterocycles. The Morgan fingerprint density at radius 1 is 1.25 bits per heavy atom. The number of hydrogen-bond donors (Lipinski definition) is 2. The number of nitrogens with one attached hydrogen (secondary N) is 2. The second-order valence-corrected chi connectivity index (χ2v) is 4.54. The maximum Gasteiger partial charge on any atom is 0.222 e. The number of furan rings is 1. The summed E-state index contributed by atoms with van der Waals surface area (Å²) in [7, 11) is 3.85. The molecule has 2 heterocycles. The van der Waals surface area contributed by atoms with Crippen LogP contribution in [0, 0.1) is 0 Å². The molecule has 0 unspecified atom stereocenters. The molecular weight excluding hydrogens is 254 g/mol. The van der Waals surface area contributed by atoms with E-state index in [4.69, 9.17) is 4.42 Å². The molecule has 1 aromatic carbocycles. The minimum absolute atomic E-state index is 0.599. The van der Waals surface area contributed by atoms with Crippen molar-refractivity contribution in [2.24, 2.45) is 5.10 Å². The number of hydrogen-bond acceptors (Lipinski definition) is 5. The van der Waals surface area contributed by atoms with Crippen molar-refractivity contribution in [3.8, 4) is 0 Å². The molecule has 0 amide bonds. The van der Waals surface area contributed by atoms with Crippen molar-refractivity contribution in [2.75, 3.05) is 24.4 Å². The average molecular weight is 269 g/mol. The number of anilines is 2. The molecule has 2 N–H and O–H groups in total. The molecular formula is C14H15N5O. The highest BCUT2D eigenvalue weighted by Gasteiger charge is 2.02. The molecule has 0 bridgehead atoms. The molecule has 0 saturated heterocycles. The van der Waals surface area contributed by atoms with Crippen LogP contribution in [-0.4, -0.2) is 30.3 Å². The quantitative estimate of drug-likeness (QED) is 0.564. The van der Waals surface area contributed by atoms with Crippen LogP contribution in [0.4, 0.5) is 11.8 Å². The third-order valence-corrected chi connectivity index (χ3v) is 2.80. The van der Waals surface area contributed by atoms with E-state index in [1.807, 2.05) is 55.4 Å². The summed E-state index contributed by atoms with van der Waals surface area (Å²) in [6.45, 7) is 0. The fourth-order valence-electron chi connectivity index (χ4n) is 1.81. The first-order valence-electron chi connectivity index (χ1n) is 6.23. The van der Waals surface area contributed by atoms with Crippen LogP contribution in [0.25, 0.3) is 11.0 Å². The van der Waals surface area contributed by atoms with Gasteiger partial charge < -0.3 is 14.3 Å². The molecule has 102 valence electrons. The van der Waals surface area contributed by atoms with E-state index in [1.54, 1.807) is 6.21 Å². The smallest absolute Gasteiger partial charge is 0.222 e. The van der Waals surface area contributed by atoms with Crippen molar-refractivity contribution in [3.63, 3.8) is 0 Å². The molecule has 0 fully saturated rings. The Morgan fingerprint density at radius 3 is 2.85 bits per heavy atom. The van der Waals surface area contributed by atoms with E-state index in [1.165, 1.54) is 0 Å². The minimum Gasteiger partial charge on any atom is -0.440 e. The van der Waals surface area contributed by atoms with E-state index in [9.17, 15) is 0 Å². The van der Waals surface area contributed by atoms with Gasteiger partial charge in [0.15, 0.2) is 5.88 Å². The fourth-order valence-corrected chi connectivity index (χ4v) is 1.81. The zero-order valence-corrected chi connectivity index (χ0v) is 11.3. The SMILES string of the molecule is CN(C)c1ccc(/C=N\Nc2nc3ccccc3[nH]2)o1. The Labute approximate surface area is 116 Å². The molecule has 3 rings (SSSR count). The lowest BCUT2D eigenvalue weighted by Crippen LogP contribution is -2.06. The number of H-pyrrole nitrogens is 1. The number of para-hydroxylation sites is 2. The summed E-state index contributed by atoms with van der Waals surface area (Å²) < 4.78 is 5.55. The van der Waals surface area contributed by atoms with Crippen LogP contribution in [0.2, 0.25) is 0 Å². The highest BCUT2D eigenvalue weighted by Crippen LogP contribution is 2.15. The predicted molar refractivity (Wildman–Crippen MR) is 80.3 cm³/mol. The van der Waals surface area contributed by atoms with Crippen molar-refractivity contribution < 1.29 is 4.42 Å². The molecule has 0 aliphatic heterocycles. The summed E-state index contributed by atoms with van der Waals surface area (Å²) in [6.07, 6.45) is 1.61. The monoisotopic (exact) mass is 269 g/mol. The first-order valence-corrected chi connectivity index (χ1v) is 6.23. The van der Waals surface area contributed by atoms with Crippen LogP contribution in [-0.2, 0) is 0 Å². The molecule has 6 nitrogen and oxygen atoms in total. The first-order chi connectivity index (χ1) is 9.72. The average Bonchev–Trinajstić information content (AvgIpc) is 3.04. The standard InChI is InChI=1S/C14H15N5O/c1-19(2)13-8-7-10(20-13)9-15-18-14-16-11-5-3-4-6-12(11)17-14/h3-9H,1-2H3,(H2,16,17,18)/b15-9-. The van der Waals surface area contributed by atoms with Gasteiger partial charge in [-0.05, 0) is 18.2 Å². The van der Waals surface area contributed by atoms with Crippen LogP contribution in [0.15, 0.2) is 45.9 Å². The van der Waals surface area contributed by atoms with Gasteiger partial charge in [0.05, 0.1) is 17.2 Å². The lowest BCUT2D eigenvalue weighted by atomic mass is 10.3. The van der Waals surface area contributed by atoms with Gasteiger partial charge in [0.1, 0.15) is 5.76 Å². The zero-order chi connectivity index (χ0) is 13.9. The van der Waals surface area contributed by atoms with Crippen LogP contribution >= 0.6 is 0 Å². The summed E-state index contributed by atoms with van der Waals surface area (Å²) in [4.78, 5) is 9.38. The highest BCUT2D eigenvalue weighted by atomic mass is 16.4. The number of aromatic amines is 1. The fraction of sp³-hybridized carbons (Fsp3) is 0.143. The maximum absolute atomic E-state index is 5.55. The van der Waals surface area contributed by atoms with E-state index < -0.39 is 0 Å². The second kappa shape index (κ2) is 5.08. The summed E-state index contributed by atoms with van der Waals surface area (Å²) in [6, 6.07) is 11.6. The van der Waals surface area contributed by atoms with Gasteiger partial charge in [-0.3, -0.25) is 0 Å². The van der Waals surface area contributed by atoms with Crippen LogP contribution in [0.3, 0.4) is 0 Å².